The van der Waals surface area contributed by atoms with Gasteiger partial charge in [0.05, 0.1) is 21.2 Å². The van der Waals surface area contributed by atoms with Crippen LogP contribution in [0.5, 0.6) is 0 Å². The van der Waals surface area contributed by atoms with Crippen molar-refractivity contribution < 1.29 is 19.1 Å². The standard InChI is InChI=1S/C21H17ClN2O4S/c1-13(19(25)24-17-6-3-2-5-16(17)22)28-21(27)14-8-10-15(11-9-14)23-20(26)18-7-4-12-29-18/h2-13H,1H3,(H,23,26)(H,24,25). The van der Waals surface area contributed by atoms with Crippen LogP contribution in [0.4, 0.5) is 11.4 Å². The first-order valence-electron chi connectivity index (χ1n) is 8.65. The first-order chi connectivity index (χ1) is 13.9. The first kappa shape index (κ1) is 20.6. The molecule has 1 unspecified atom stereocenters. The van der Waals surface area contributed by atoms with Gasteiger partial charge in [-0.3, -0.25) is 9.59 Å². The van der Waals surface area contributed by atoms with E-state index in [-0.39, 0.29) is 11.5 Å². The zero-order valence-corrected chi connectivity index (χ0v) is 16.9. The highest BCUT2D eigenvalue weighted by molar-refractivity contribution is 7.12. The van der Waals surface area contributed by atoms with Crippen LogP contribution in [0.3, 0.4) is 0 Å². The quantitative estimate of drug-likeness (QED) is 0.550. The van der Waals surface area contributed by atoms with Gasteiger partial charge in [0.15, 0.2) is 6.10 Å². The minimum atomic E-state index is -1.02. The van der Waals surface area contributed by atoms with Crippen LogP contribution < -0.4 is 10.6 Å². The average Bonchev–Trinajstić information content (AvgIpc) is 3.25. The molecule has 1 aromatic heterocycles. The maximum atomic E-state index is 12.3. The monoisotopic (exact) mass is 428 g/mol. The summed E-state index contributed by atoms with van der Waals surface area (Å²) in [5.74, 6) is -1.37. The molecule has 29 heavy (non-hydrogen) atoms. The molecule has 8 heteroatoms. The van der Waals surface area contributed by atoms with E-state index in [0.717, 1.165) is 0 Å². The van der Waals surface area contributed by atoms with Crippen LogP contribution in [0.1, 0.15) is 27.0 Å². The van der Waals surface area contributed by atoms with Crippen LogP contribution in [0.25, 0.3) is 0 Å². The molecule has 0 spiro atoms. The Hall–Kier alpha value is -3.16. The highest BCUT2D eigenvalue weighted by atomic mass is 35.5. The van der Waals surface area contributed by atoms with Crippen LogP contribution >= 0.6 is 22.9 Å². The van der Waals surface area contributed by atoms with E-state index in [1.165, 1.54) is 30.4 Å². The number of esters is 1. The highest BCUT2D eigenvalue weighted by Crippen LogP contribution is 2.21. The maximum absolute atomic E-state index is 12.3. The Labute approximate surface area is 176 Å². The molecule has 0 saturated carbocycles. The smallest absolute Gasteiger partial charge is 0.338 e. The van der Waals surface area contributed by atoms with Crippen molar-refractivity contribution in [2.45, 2.75) is 13.0 Å². The number of ether oxygens (including phenoxy) is 1. The molecule has 0 bridgehead atoms. The van der Waals surface area contributed by atoms with E-state index in [1.807, 2.05) is 5.38 Å². The average molecular weight is 429 g/mol. The van der Waals surface area contributed by atoms with E-state index >= 15 is 0 Å². The Kier molecular flexibility index (Phi) is 6.64. The van der Waals surface area contributed by atoms with Crippen LogP contribution in [0.2, 0.25) is 5.02 Å². The van der Waals surface area contributed by atoms with Crippen LogP contribution in [0, 0.1) is 0 Å². The van der Waals surface area contributed by atoms with Gasteiger partial charge in [0, 0.05) is 5.69 Å². The lowest BCUT2D eigenvalue weighted by Crippen LogP contribution is -2.30. The van der Waals surface area contributed by atoms with E-state index in [9.17, 15) is 14.4 Å². The van der Waals surface area contributed by atoms with Gasteiger partial charge in [0.2, 0.25) is 0 Å². The Morgan fingerprint density at radius 1 is 0.966 bits per heavy atom. The lowest BCUT2D eigenvalue weighted by Gasteiger charge is -2.14. The Balaban J connectivity index is 1.56. The SMILES string of the molecule is CC(OC(=O)c1ccc(NC(=O)c2cccs2)cc1)C(=O)Nc1ccccc1Cl. The molecule has 3 aromatic rings. The number of hydrogen-bond acceptors (Lipinski definition) is 5. The fraction of sp³-hybridized carbons (Fsp3) is 0.0952. The second kappa shape index (κ2) is 9.36. The third-order valence-electron chi connectivity index (χ3n) is 3.91. The number of carbonyl (C=O) groups is 3. The molecule has 2 amide bonds. The molecule has 0 saturated heterocycles. The van der Waals surface area contributed by atoms with Gasteiger partial charge >= 0.3 is 5.97 Å². The predicted molar refractivity (Wildman–Crippen MR) is 114 cm³/mol. The van der Waals surface area contributed by atoms with Crippen molar-refractivity contribution in [2.24, 2.45) is 0 Å². The second-order valence-electron chi connectivity index (χ2n) is 6.03. The van der Waals surface area contributed by atoms with E-state index in [4.69, 9.17) is 16.3 Å². The van der Waals surface area contributed by atoms with Crippen molar-refractivity contribution in [2.75, 3.05) is 10.6 Å². The molecule has 1 heterocycles. The summed E-state index contributed by atoms with van der Waals surface area (Å²) in [6.45, 7) is 1.47. The van der Waals surface area contributed by atoms with Gasteiger partial charge in [-0.15, -0.1) is 11.3 Å². The molecule has 1 atom stereocenters. The lowest BCUT2D eigenvalue weighted by molar-refractivity contribution is -0.123. The topological polar surface area (TPSA) is 84.5 Å². The molecule has 2 N–H and O–H groups in total. The van der Waals surface area contributed by atoms with Crippen molar-refractivity contribution in [1.82, 2.24) is 0 Å². The van der Waals surface area contributed by atoms with Crippen LogP contribution in [-0.2, 0) is 9.53 Å². The van der Waals surface area contributed by atoms with Crippen LogP contribution in [-0.4, -0.2) is 23.9 Å². The van der Waals surface area contributed by atoms with Gasteiger partial charge in [-0.25, -0.2) is 4.79 Å². The van der Waals surface area contributed by atoms with E-state index in [0.29, 0.717) is 21.3 Å². The normalized spacial score (nSPS) is 11.4. The predicted octanol–water partition coefficient (Wildman–Crippen LogP) is 4.84. The molecular weight excluding hydrogens is 412 g/mol. The molecule has 3 rings (SSSR count). The molecule has 0 aliphatic carbocycles. The summed E-state index contributed by atoms with van der Waals surface area (Å²) in [4.78, 5) is 37.1. The Bertz CT molecular complexity index is 1020. The molecule has 148 valence electrons. The Morgan fingerprint density at radius 2 is 1.69 bits per heavy atom. The molecule has 0 aliphatic rings. The zero-order valence-electron chi connectivity index (χ0n) is 15.3. The number of carbonyl (C=O) groups excluding carboxylic acids is 3. The van der Waals surface area contributed by atoms with E-state index in [1.54, 1.807) is 48.5 Å². The van der Waals surface area contributed by atoms with Gasteiger partial charge in [0.1, 0.15) is 0 Å². The largest absolute Gasteiger partial charge is 0.449 e. The molecule has 2 aromatic carbocycles. The van der Waals surface area contributed by atoms with Gasteiger partial charge in [-0.05, 0) is 54.8 Å². The maximum Gasteiger partial charge on any atom is 0.338 e. The minimum absolute atomic E-state index is 0.222. The zero-order chi connectivity index (χ0) is 20.8. The number of rotatable bonds is 6. The van der Waals surface area contributed by atoms with Crippen LogP contribution in [0.15, 0.2) is 66.0 Å². The fourth-order valence-electron chi connectivity index (χ4n) is 2.37. The van der Waals surface area contributed by atoms with E-state index in [2.05, 4.69) is 10.6 Å². The summed E-state index contributed by atoms with van der Waals surface area (Å²) < 4.78 is 5.21. The second-order valence-corrected chi connectivity index (χ2v) is 7.38. The summed E-state index contributed by atoms with van der Waals surface area (Å²) in [5, 5.41) is 7.57. The van der Waals surface area contributed by atoms with Gasteiger partial charge in [0.25, 0.3) is 11.8 Å². The van der Waals surface area contributed by atoms with Crippen molar-refractivity contribution in [1.29, 1.82) is 0 Å². The molecular formula is C21H17ClN2O4S. The van der Waals surface area contributed by atoms with Gasteiger partial charge in [-0.1, -0.05) is 29.8 Å². The van der Waals surface area contributed by atoms with Gasteiger partial charge < -0.3 is 15.4 Å². The third kappa shape index (κ3) is 5.43. The lowest BCUT2D eigenvalue weighted by atomic mass is 10.2. The number of anilines is 2. The summed E-state index contributed by atoms with van der Waals surface area (Å²) in [6, 6.07) is 16.5. The summed E-state index contributed by atoms with van der Waals surface area (Å²) in [5.41, 5.74) is 1.24. The number of hydrogen-bond donors (Lipinski definition) is 2. The summed E-state index contributed by atoms with van der Waals surface area (Å²) in [6.07, 6.45) is -1.02. The molecule has 0 radical (unpaired) electrons. The number of nitrogens with one attached hydrogen (secondary N) is 2. The summed E-state index contributed by atoms with van der Waals surface area (Å²) >= 11 is 7.34. The first-order valence-corrected chi connectivity index (χ1v) is 9.91. The fourth-order valence-corrected chi connectivity index (χ4v) is 3.17. The number of benzene rings is 2. The molecule has 6 nitrogen and oxygen atoms in total. The number of halogens is 1. The van der Waals surface area contributed by atoms with Crippen molar-refractivity contribution >= 4 is 52.1 Å². The van der Waals surface area contributed by atoms with E-state index < -0.39 is 18.0 Å². The van der Waals surface area contributed by atoms with Crippen molar-refractivity contribution in [3.63, 3.8) is 0 Å². The van der Waals surface area contributed by atoms with Crippen molar-refractivity contribution in [3.05, 3.63) is 81.5 Å². The highest BCUT2D eigenvalue weighted by Gasteiger charge is 2.20. The van der Waals surface area contributed by atoms with Gasteiger partial charge in [-0.2, -0.15) is 0 Å². The third-order valence-corrected chi connectivity index (χ3v) is 5.11. The minimum Gasteiger partial charge on any atom is -0.449 e. The molecule has 0 fully saturated rings. The van der Waals surface area contributed by atoms with Crippen molar-refractivity contribution in [3.8, 4) is 0 Å². The number of amides is 2. The molecule has 0 aliphatic heterocycles. The number of para-hydroxylation sites is 1. The Morgan fingerprint density at radius 3 is 2.34 bits per heavy atom. The number of thiophene rings is 1. The summed E-state index contributed by atoms with van der Waals surface area (Å²) in [7, 11) is 0.